The molecule has 1 aromatic carbocycles. The van der Waals surface area contributed by atoms with E-state index in [4.69, 9.17) is 21.1 Å². The first kappa shape index (κ1) is 16.6. The Balaban J connectivity index is 2.04. The lowest BCUT2D eigenvalue weighted by molar-refractivity contribution is -0.116. The third-order valence-electron chi connectivity index (χ3n) is 3.34. The molecule has 0 spiro atoms. The van der Waals surface area contributed by atoms with E-state index < -0.39 is 0 Å². The first-order valence-electron chi connectivity index (χ1n) is 7.43. The number of anilines is 1. The van der Waals surface area contributed by atoms with E-state index in [0.29, 0.717) is 28.7 Å². The molecule has 1 aromatic heterocycles. The number of unbranched alkanes of at least 4 members (excludes halogenated alkanes) is 2. The van der Waals surface area contributed by atoms with Crippen molar-refractivity contribution in [2.24, 2.45) is 0 Å². The summed E-state index contributed by atoms with van der Waals surface area (Å²) in [6, 6.07) is 8.75. The fourth-order valence-corrected chi connectivity index (χ4v) is 2.43. The zero-order chi connectivity index (χ0) is 15.9. The molecule has 0 aliphatic heterocycles. The van der Waals surface area contributed by atoms with Gasteiger partial charge in [-0.3, -0.25) is 4.79 Å². The molecule has 0 bridgehead atoms. The molecule has 0 atom stereocenters. The van der Waals surface area contributed by atoms with Crippen molar-refractivity contribution >= 4 is 23.2 Å². The molecule has 0 aliphatic rings. The maximum atomic E-state index is 11.8. The van der Waals surface area contributed by atoms with Crippen LogP contribution in [0.1, 0.15) is 38.4 Å². The molecular weight excluding hydrogens is 302 g/mol. The topological polar surface area (TPSA) is 62.5 Å². The Labute approximate surface area is 135 Å². The van der Waals surface area contributed by atoms with Crippen LogP contribution in [0.25, 0.3) is 11.3 Å². The lowest BCUT2D eigenvalue weighted by Gasteiger charge is -2.07. The maximum absolute atomic E-state index is 11.8. The predicted octanol–water partition coefficient (Wildman–Crippen LogP) is 4.61. The van der Waals surface area contributed by atoms with Gasteiger partial charge in [-0.05, 0) is 36.8 Å². The molecule has 2 rings (SSSR count). The van der Waals surface area contributed by atoms with Crippen molar-refractivity contribution in [1.82, 2.24) is 0 Å². The largest absolute Gasteiger partial charge is 0.459 e. The smallest absolute Gasteiger partial charge is 0.224 e. The van der Waals surface area contributed by atoms with Crippen molar-refractivity contribution in [2.45, 2.75) is 39.2 Å². The summed E-state index contributed by atoms with van der Waals surface area (Å²) in [7, 11) is 0. The Morgan fingerprint density at radius 1 is 1.27 bits per heavy atom. The van der Waals surface area contributed by atoms with Gasteiger partial charge in [0.2, 0.25) is 5.91 Å². The summed E-state index contributed by atoms with van der Waals surface area (Å²) in [5.41, 5.74) is 1.40. The second kappa shape index (κ2) is 8.01. The Kier molecular flexibility index (Phi) is 6.04. The van der Waals surface area contributed by atoms with Gasteiger partial charge >= 0.3 is 0 Å². The number of furan rings is 1. The molecule has 0 saturated carbocycles. The molecule has 1 amide bonds. The van der Waals surface area contributed by atoms with E-state index in [1.165, 1.54) is 0 Å². The van der Waals surface area contributed by atoms with Crippen LogP contribution in [-0.4, -0.2) is 11.0 Å². The second-order valence-corrected chi connectivity index (χ2v) is 5.53. The van der Waals surface area contributed by atoms with Gasteiger partial charge in [0.1, 0.15) is 18.1 Å². The molecule has 22 heavy (non-hydrogen) atoms. The first-order valence-corrected chi connectivity index (χ1v) is 7.81. The van der Waals surface area contributed by atoms with Gasteiger partial charge in [-0.25, -0.2) is 0 Å². The van der Waals surface area contributed by atoms with Crippen molar-refractivity contribution in [1.29, 1.82) is 0 Å². The SMILES string of the molecule is CCCCCC(=O)Nc1ccc(-c2ccc(CO)o2)c(Cl)c1. The van der Waals surface area contributed by atoms with Crippen LogP contribution in [0.4, 0.5) is 5.69 Å². The van der Waals surface area contributed by atoms with E-state index in [2.05, 4.69) is 12.2 Å². The zero-order valence-corrected chi connectivity index (χ0v) is 13.3. The van der Waals surface area contributed by atoms with Crippen LogP contribution < -0.4 is 5.32 Å². The molecule has 0 unspecified atom stereocenters. The Bertz CT molecular complexity index is 637. The fraction of sp³-hybridized carbons (Fsp3) is 0.353. The quantitative estimate of drug-likeness (QED) is 0.732. The Morgan fingerprint density at radius 3 is 2.73 bits per heavy atom. The fourth-order valence-electron chi connectivity index (χ4n) is 2.16. The lowest BCUT2D eigenvalue weighted by atomic mass is 10.1. The van der Waals surface area contributed by atoms with Gasteiger partial charge in [0.05, 0.1) is 5.02 Å². The molecule has 0 fully saturated rings. The number of carbonyl (C=O) groups is 1. The summed E-state index contributed by atoms with van der Waals surface area (Å²) in [4.78, 5) is 11.8. The highest BCUT2D eigenvalue weighted by atomic mass is 35.5. The van der Waals surface area contributed by atoms with Crippen LogP contribution in [-0.2, 0) is 11.4 Å². The van der Waals surface area contributed by atoms with Gasteiger partial charge in [-0.1, -0.05) is 31.4 Å². The number of hydrogen-bond acceptors (Lipinski definition) is 3. The lowest BCUT2D eigenvalue weighted by Crippen LogP contribution is -2.10. The van der Waals surface area contributed by atoms with Crippen molar-refractivity contribution < 1.29 is 14.3 Å². The highest BCUT2D eigenvalue weighted by Crippen LogP contribution is 2.31. The minimum atomic E-state index is -0.149. The number of amides is 1. The summed E-state index contributed by atoms with van der Waals surface area (Å²) in [5, 5.41) is 12.4. The van der Waals surface area contributed by atoms with Crippen LogP contribution >= 0.6 is 11.6 Å². The summed E-state index contributed by atoms with van der Waals surface area (Å²) in [6.45, 7) is 1.96. The Hall–Kier alpha value is -1.78. The van der Waals surface area contributed by atoms with E-state index in [-0.39, 0.29) is 12.5 Å². The molecule has 1 heterocycles. The number of halogens is 1. The van der Waals surface area contributed by atoms with E-state index in [1.54, 1.807) is 30.3 Å². The third-order valence-corrected chi connectivity index (χ3v) is 3.66. The third kappa shape index (κ3) is 4.36. The standard InChI is InChI=1S/C17H20ClNO3/c1-2-3-4-5-17(21)19-12-6-8-14(15(18)10-12)16-9-7-13(11-20)22-16/h6-10,20H,2-5,11H2,1H3,(H,19,21). The van der Waals surface area contributed by atoms with Gasteiger partial charge in [0, 0.05) is 17.7 Å². The molecule has 118 valence electrons. The first-order chi connectivity index (χ1) is 10.6. The van der Waals surface area contributed by atoms with Gasteiger partial charge in [0.15, 0.2) is 0 Å². The molecule has 0 radical (unpaired) electrons. The van der Waals surface area contributed by atoms with Crippen LogP contribution in [0.15, 0.2) is 34.7 Å². The van der Waals surface area contributed by atoms with E-state index in [1.807, 2.05) is 0 Å². The molecular formula is C17H20ClNO3. The second-order valence-electron chi connectivity index (χ2n) is 5.12. The highest BCUT2D eigenvalue weighted by Gasteiger charge is 2.10. The normalized spacial score (nSPS) is 10.7. The molecule has 2 aromatic rings. The number of benzene rings is 1. The number of hydrogen-bond donors (Lipinski definition) is 2. The summed E-state index contributed by atoms with van der Waals surface area (Å²) in [5.74, 6) is 1.08. The van der Waals surface area contributed by atoms with Crippen molar-refractivity contribution in [3.05, 3.63) is 41.1 Å². The summed E-state index contributed by atoms with van der Waals surface area (Å²) < 4.78 is 5.46. The van der Waals surface area contributed by atoms with Crippen LogP contribution in [0.2, 0.25) is 5.02 Å². The number of nitrogens with one attached hydrogen (secondary N) is 1. The van der Waals surface area contributed by atoms with Gasteiger partial charge < -0.3 is 14.8 Å². The van der Waals surface area contributed by atoms with E-state index >= 15 is 0 Å². The molecule has 4 nitrogen and oxygen atoms in total. The number of rotatable bonds is 7. The average molecular weight is 322 g/mol. The van der Waals surface area contributed by atoms with Gasteiger partial charge in [0.25, 0.3) is 0 Å². The van der Waals surface area contributed by atoms with E-state index in [0.717, 1.165) is 24.8 Å². The van der Waals surface area contributed by atoms with E-state index in [9.17, 15) is 4.79 Å². The molecule has 5 heteroatoms. The number of aliphatic hydroxyl groups excluding tert-OH is 1. The van der Waals surface area contributed by atoms with Crippen molar-refractivity contribution in [2.75, 3.05) is 5.32 Å². The molecule has 0 aliphatic carbocycles. The van der Waals surface area contributed by atoms with Crippen LogP contribution in [0.5, 0.6) is 0 Å². The minimum Gasteiger partial charge on any atom is -0.459 e. The molecule has 0 saturated heterocycles. The van der Waals surface area contributed by atoms with Gasteiger partial charge in [-0.2, -0.15) is 0 Å². The van der Waals surface area contributed by atoms with Gasteiger partial charge in [-0.15, -0.1) is 0 Å². The number of aliphatic hydroxyl groups is 1. The van der Waals surface area contributed by atoms with Crippen molar-refractivity contribution in [3.8, 4) is 11.3 Å². The van der Waals surface area contributed by atoms with Crippen molar-refractivity contribution in [3.63, 3.8) is 0 Å². The average Bonchev–Trinajstić information content (AvgIpc) is 2.96. The Morgan fingerprint density at radius 2 is 2.09 bits per heavy atom. The minimum absolute atomic E-state index is 0.00201. The monoisotopic (exact) mass is 321 g/mol. The predicted molar refractivity (Wildman–Crippen MR) is 87.8 cm³/mol. The number of carbonyl (C=O) groups excluding carboxylic acids is 1. The zero-order valence-electron chi connectivity index (χ0n) is 12.6. The van der Waals surface area contributed by atoms with Crippen LogP contribution in [0, 0.1) is 0 Å². The van der Waals surface area contributed by atoms with Crippen LogP contribution in [0.3, 0.4) is 0 Å². The highest BCUT2D eigenvalue weighted by molar-refractivity contribution is 6.33. The summed E-state index contributed by atoms with van der Waals surface area (Å²) >= 11 is 6.25. The molecule has 2 N–H and O–H groups in total. The maximum Gasteiger partial charge on any atom is 0.224 e. The summed E-state index contributed by atoms with van der Waals surface area (Å²) in [6.07, 6.45) is 3.56.